The summed E-state index contributed by atoms with van der Waals surface area (Å²) in [5.74, 6) is -9.46. The maximum Gasteiger partial charge on any atom is 0.417 e. The molecule has 0 unspecified atom stereocenters. The van der Waals surface area contributed by atoms with Crippen molar-refractivity contribution in [1.82, 2.24) is 0 Å². The zero-order valence-corrected chi connectivity index (χ0v) is 18.1. The molecule has 3 N–H and O–H groups in total. The van der Waals surface area contributed by atoms with E-state index in [9.17, 15) is 35.9 Å². The number of halogens is 6. The second-order valence-corrected chi connectivity index (χ2v) is 7.99. The van der Waals surface area contributed by atoms with Gasteiger partial charge in [-0.15, -0.1) is 0 Å². The van der Waals surface area contributed by atoms with Gasteiger partial charge in [0.1, 0.15) is 11.9 Å². The van der Waals surface area contributed by atoms with Crippen LogP contribution in [0.3, 0.4) is 0 Å². The number of nitrogens with one attached hydrogen (secondary N) is 1. The summed E-state index contributed by atoms with van der Waals surface area (Å²) in [5, 5.41) is 2.26. The molecule has 6 nitrogen and oxygen atoms in total. The first-order valence-electron chi connectivity index (χ1n) is 9.89. The summed E-state index contributed by atoms with van der Waals surface area (Å²) < 4.78 is 93.8. The van der Waals surface area contributed by atoms with Crippen LogP contribution in [0.25, 0.3) is 0 Å². The molecule has 1 fully saturated rings. The third-order valence-corrected chi connectivity index (χ3v) is 6.07. The summed E-state index contributed by atoms with van der Waals surface area (Å²) >= 11 is 0. The molecular formula is C22H20F6N2O4. The molecule has 12 heteroatoms. The summed E-state index contributed by atoms with van der Waals surface area (Å²) in [6, 6.07) is 4.53. The van der Waals surface area contributed by atoms with Crippen LogP contribution in [0.15, 0.2) is 30.3 Å². The lowest BCUT2D eigenvalue weighted by Gasteiger charge is -2.32. The van der Waals surface area contributed by atoms with Crippen LogP contribution in [-0.4, -0.2) is 36.8 Å². The average Bonchev–Trinajstić information content (AvgIpc) is 3.03. The molecule has 4 atom stereocenters. The van der Waals surface area contributed by atoms with E-state index >= 15 is 0 Å². The molecule has 34 heavy (non-hydrogen) atoms. The van der Waals surface area contributed by atoms with E-state index in [1.165, 1.54) is 0 Å². The zero-order valence-electron chi connectivity index (χ0n) is 18.1. The molecule has 0 bridgehead atoms. The van der Waals surface area contributed by atoms with Gasteiger partial charge < -0.3 is 20.5 Å². The fourth-order valence-corrected chi connectivity index (χ4v) is 4.05. The van der Waals surface area contributed by atoms with Crippen molar-refractivity contribution in [1.29, 1.82) is 0 Å². The summed E-state index contributed by atoms with van der Waals surface area (Å²) in [6.45, 7) is 1.91. The first kappa shape index (κ1) is 25.3. The van der Waals surface area contributed by atoms with E-state index < -0.39 is 70.3 Å². The SMILES string of the molecule is COc1c([C@@H]2[C@@H](C)[C@](C)(C(F)(F)F)O[C@H]2C(=O)Nc2ccc(F)c(C(N)=O)c2)ccc(F)c1F. The first-order valence-corrected chi connectivity index (χ1v) is 9.89. The van der Waals surface area contributed by atoms with Crippen molar-refractivity contribution in [3.8, 4) is 5.75 Å². The minimum absolute atomic E-state index is 0.145. The van der Waals surface area contributed by atoms with Crippen molar-refractivity contribution in [2.75, 3.05) is 12.4 Å². The molecule has 2 aromatic carbocycles. The van der Waals surface area contributed by atoms with Crippen LogP contribution >= 0.6 is 0 Å². The van der Waals surface area contributed by atoms with Gasteiger partial charge in [0.15, 0.2) is 17.2 Å². The second-order valence-electron chi connectivity index (χ2n) is 7.99. The standard InChI is InChI=1S/C22H20F6N2O4/c1-9-15(11-5-7-14(24)16(25)17(11)33-3)18(34-21(9,2)22(26,27)28)20(32)30-10-4-6-13(23)12(8-10)19(29)31/h4-9,15,18H,1-3H3,(H2,29,31)(H,30,32)/t9-,15+,18-,21-/m1/s1. The quantitative estimate of drug-likeness (QED) is 0.612. The van der Waals surface area contributed by atoms with E-state index in [-0.39, 0.29) is 11.3 Å². The summed E-state index contributed by atoms with van der Waals surface area (Å²) in [7, 11) is 1.00. The number of amides is 2. The number of methoxy groups -OCH3 is 1. The Balaban J connectivity index is 2.08. The van der Waals surface area contributed by atoms with Crippen molar-refractivity contribution in [2.24, 2.45) is 11.7 Å². The highest BCUT2D eigenvalue weighted by atomic mass is 19.4. The van der Waals surface area contributed by atoms with Gasteiger partial charge in [-0.1, -0.05) is 13.0 Å². The smallest absolute Gasteiger partial charge is 0.417 e. The molecule has 1 aliphatic heterocycles. The van der Waals surface area contributed by atoms with Gasteiger partial charge in [0.2, 0.25) is 5.82 Å². The number of hydrogen-bond donors (Lipinski definition) is 2. The molecule has 1 heterocycles. The Hall–Kier alpha value is -3.28. The molecular weight excluding hydrogens is 470 g/mol. The Morgan fingerprint density at radius 1 is 1.12 bits per heavy atom. The molecule has 1 aliphatic rings. The Morgan fingerprint density at radius 3 is 2.29 bits per heavy atom. The lowest BCUT2D eigenvalue weighted by Crippen LogP contribution is -2.47. The molecule has 2 amide bonds. The second kappa shape index (κ2) is 8.82. The number of alkyl halides is 3. The van der Waals surface area contributed by atoms with Crippen LogP contribution in [0, 0.1) is 23.4 Å². The van der Waals surface area contributed by atoms with Gasteiger partial charge in [-0.2, -0.15) is 17.6 Å². The number of carbonyl (C=O) groups excluding carboxylic acids is 2. The number of hydrogen-bond acceptors (Lipinski definition) is 4. The largest absolute Gasteiger partial charge is 0.493 e. The number of nitrogens with two attached hydrogens (primary N) is 1. The fourth-order valence-electron chi connectivity index (χ4n) is 4.05. The number of primary amides is 1. The van der Waals surface area contributed by atoms with Gasteiger partial charge in [-0.05, 0) is 31.2 Å². The molecule has 0 radical (unpaired) electrons. The summed E-state index contributed by atoms with van der Waals surface area (Å²) in [4.78, 5) is 24.4. The van der Waals surface area contributed by atoms with Crippen molar-refractivity contribution < 1.29 is 45.4 Å². The van der Waals surface area contributed by atoms with Gasteiger partial charge in [0, 0.05) is 23.1 Å². The Bertz CT molecular complexity index is 1140. The van der Waals surface area contributed by atoms with E-state index in [4.69, 9.17) is 15.2 Å². The normalized spacial score (nSPS) is 24.7. The van der Waals surface area contributed by atoms with E-state index in [0.717, 1.165) is 45.2 Å². The maximum atomic E-state index is 14.4. The highest BCUT2D eigenvalue weighted by Crippen LogP contribution is 2.55. The van der Waals surface area contributed by atoms with Gasteiger partial charge >= 0.3 is 6.18 Å². The zero-order chi connectivity index (χ0) is 25.6. The first-order chi connectivity index (χ1) is 15.7. The average molecular weight is 490 g/mol. The third-order valence-electron chi connectivity index (χ3n) is 6.07. The molecule has 2 aromatic rings. The van der Waals surface area contributed by atoms with Crippen LogP contribution < -0.4 is 15.8 Å². The van der Waals surface area contributed by atoms with Crippen LogP contribution in [-0.2, 0) is 9.53 Å². The summed E-state index contributed by atoms with van der Waals surface area (Å²) in [6.07, 6.45) is -6.77. The Labute approximate surface area is 190 Å². The van der Waals surface area contributed by atoms with E-state index in [2.05, 4.69) is 5.32 Å². The highest BCUT2D eigenvalue weighted by molar-refractivity contribution is 5.98. The summed E-state index contributed by atoms with van der Waals surface area (Å²) in [5.41, 5.74) is 1.32. The fraction of sp³-hybridized carbons (Fsp3) is 0.364. The lowest BCUT2D eigenvalue weighted by molar-refractivity contribution is -0.272. The minimum Gasteiger partial charge on any atom is -0.493 e. The maximum absolute atomic E-state index is 14.4. The van der Waals surface area contributed by atoms with Crippen molar-refractivity contribution >= 4 is 17.5 Å². The van der Waals surface area contributed by atoms with Crippen molar-refractivity contribution in [3.05, 3.63) is 58.9 Å². The number of ether oxygens (including phenoxy) is 2. The van der Waals surface area contributed by atoms with Gasteiger partial charge in [-0.3, -0.25) is 9.59 Å². The number of rotatable bonds is 5. The number of carbonyl (C=O) groups is 2. The molecule has 0 spiro atoms. The van der Waals surface area contributed by atoms with E-state index in [1.807, 2.05) is 0 Å². The molecule has 3 rings (SSSR count). The van der Waals surface area contributed by atoms with Gasteiger partial charge in [-0.25, -0.2) is 8.78 Å². The topological polar surface area (TPSA) is 90.7 Å². The van der Waals surface area contributed by atoms with Gasteiger partial charge in [0.25, 0.3) is 11.8 Å². The van der Waals surface area contributed by atoms with E-state index in [0.29, 0.717) is 6.07 Å². The number of anilines is 1. The predicted molar refractivity (Wildman–Crippen MR) is 108 cm³/mol. The molecule has 184 valence electrons. The lowest BCUT2D eigenvalue weighted by atomic mass is 9.77. The van der Waals surface area contributed by atoms with Crippen LogP contribution in [0.1, 0.15) is 35.7 Å². The Kier molecular flexibility index (Phi) is 6.57. The number of benzene rings is 2. The minimum atomic E-state index is -4.93. The van der Waals surface area contributed by atoms with Crippen LogP contribution in [0.2, 0.25) is 0 Å². The monoisotopic (exact) mass is 490 g/mol. The highest BCUT2D eigenvalue weighted by Gasteiger charge is 2.65. The van der Waals surface area contributed by atoms with Crippen molar-refractivity contribution in [2.45, 2.75) is 37.6 Å². The molecule has 0 aromatic heterocycles. The molecule has 0 aliphatic carbocycles. The molecule has 0 saturated carbocycles. The molecule has 1 saturated heterocycles. The van der Waals surface area contributed by atoms with E-state index in [1.54, 1.807) is 0 Å². The van der Waals surface area contributed by atoms with Crippen LogP contribution in [0.4, 0.5) is 32.0 Å². The Morgan fingerprint density at radius 2 is 1.74 bits per heavy atom. The van der Waals surface area contributed by atoms with Gasteiger partial charge in [0.05, 0.1) is 12.7 Å². The third kappa shape index (κ3) is 4.17. The van der Waals surface area contributed by atoms with Crippen LogP contribution in [0.5, 0.6) is 5.75 Å². The van der Waals surface area contributed by atoms with Crippen molar-refractivity contribution in [3.63, 3.8) is 0 Å². The predicted octanol–water partition coefficient (Wildman–Crippen LogP) is 4.29.